The number of carbonyl (C=O) groups is 1. The van der Waals surface area contributed by atoms with Gasteiger partial charge >= 0.3 is 6.18 Å². The van der Waals surface area contributed by atoms with Gasteiger partial charge in [0, 0.05) is 35.4 Å². The number of amides is 1. The van der Waals surface area contributed by atoms with Gasteiger partial charge < -0.3 is 15.0 Å². The summed E-state index contributed by atoms with van der Waals surface area (Å²) in [4.78, 5) is 19.0. The van der Waals surface area contributed by atoms with Crippen LogP contribution < -0.4 is 10.2 Å². The molecule has 5 nitrogen and oxygen atoms in total. The maximum Gasteiger partial charge on any atom is 0.416 e. The Morgan fingerprint density at radius 1 is 1.06 bits per heavy atom. The lowest BCUT2D eigenvalue weighted by Gasteiger charge is -2.28. The van der Waals surface area contributed by atoms with Crippen molar-refractivity contribution in [3.05, 3.63) is 65.2 Å². The maximum absolute atomic E-state index is 12.7. The topological polar surface area (TPSA) is 54.5 Å². The van der Waals surface area contributed by atoms with E-state index in [0.717, 1.165) is 30.9 Å². The quantitative estimate of drug-likeness (QED) is 0.608. The zero-order chi connectivity index (χ0) is 21.8. The molecule has 1 N–H and O–H groups in total. The highest BCUT2D eigenvalue weighted by Gasteiger charge is 2.30. The van der Waals surface area contributed by atoms with Crippen LogP contribution in [0.25, 0.3) is 10.6 Å². The molecule has 3 aromatic rings. The number of carbonyl (C=O) groups excluding carboxylic acids is 1. The second kappa shape index (κ2) is 9.07. The number of nitrogens with zero attached hydrogens (tertiary/aromatic N) is 2. The van der Waals surface area contributed by atoms with Crippen molar-refractivity contribution in [2.45, 2.75) is 12.6 Å². The monoisotopic (exact) mass is 447 g/mol. The minimum Gasteiger partial charge on any atom is -0.378 e. The molecule has 0 aliphatic carbocycles. The molecule has 1 aliphatic heterocycles. The van der Waals surface area contributed by atoms with Gasteiger partial charge in [-0.2, -0.15) is 13.2 Å². The third-order valence-corrected chi connectivity index (χ3v) is 5.82. The van der Waals surface area contributed by atoms with Gasteiger partial charge in [-0.25, -0.2) is 4.98 Å². The zero-order valence-corrected chi connectivity index (χ0v) is 17.3. The van der Waals surface area contributed by atoms with Gasteiger partial charge in [-0.1, -0.05) is 12.1 Å². The molecule has 1 amide bonds. The van der Waals surface area contributed by atoms with Gasteiger partial charge in [0.2, 0.25) is 5.91 Å². The predicted molar refractivity (Wildman–Crippen MR) is 114 cm³/mol. The lowest BCUT2D eigenvalue weighted by molar-refractivity contribution is -0.137. The van der Waals surface area contributed by atoms with Gasteiger partial charge in [-0.15, -0.1) is 11.3 Å². The molecule has 0 spiro atoms. The molecule has 1 fully saturated rings. The number of morpholine rings is 1. The third kappa shape index (κ3) is 5.42. The van der Waals surface area contributed by atoms with Crippen LogP contribution in [0.15, 0.2) is 53.9 Å². The summed E-state index contributed by atoms with van der Waals surface area (Å²) in [5.74, 6) is -0.205. The van der Waals surface area contributed by atoms with Crippen molar-refractivity contribution in [3.63, 3.8) is 0 Å². The van der Waals surface area contributed by atoms with Gasteiger partial charge in [0.15, 0.2) is 0 Å². The van der Waals surface area contributed by atoms with Gasteiger partial charge in [0.05, 0.1) is 30.9 Å². The SMILES string of the molecule is O=C(Cc1csc(-c2ccc(C(F)(F)F)cc2)n1)Nc1ccc(N2CCOCC2)cc1. The number of alkyl halides is 3. The Labute approximate surface area is 181 Å². The van der Waals surface area contributed by atoms with E-state index in [1.807, 2.05) is 24.3 Å². The highest BCUT2D eigenvalue weighted by molar-refractivity contribution is 7.13. The van der Waals surface area contributed by atoms with Crippen LogP contribution in [0, 0.1) is 0 Å². The number of benzene rings is 2. The number of halogens is 3. The van der Waals surface area contributed by atoms with E-state index >= 15 is 0 Å². The van der Waals surface area contributed by atoms with Crippen LogP contribution in [-0.4, -0.2) is 37.2 Å². The third-order valence-electron chi connectivity index (χ3n) is 4.88. The number of anilines is 2. The smallest absolute Gasteiger partial charge is 0.378 e. The van der Waals surface area contributed by atoms with Crippen molar-refractivity contribution in [1.29, 1.82) is 0 Å². The number of hydrogen-bond acceptors (Lipinski definition) is 5. The van der Waals surface area contributed by atoms with Gasteiger partial charge in [-0.05, 0) is 36.4 Å². The molecule has 0 radical (unpaired) electrons. The Morgan fingerprint density at radius 2 is 1.74 bits per heavy atom. The number of hydrogen-bond donors (Lipinski definition) is 1. The molecule has 1 aliphatic rings. The van der Waals surface area contributed by atoms with Crippen LogP contribution in [0.1, 0.15) is 11.3 Å². The summed E-state index contributed by atoms with van der Waals surface area (Å²) in [6, 6.07) is 12.5. The Bertz CT molecular complexity index is 1030. The largest absolute Gasteiger partial charge is 0.416 e. The van der Waals surface area contributed by atoms with Crippen LogP contribution in [0.3, 0.4) is 0 Å². The van der Waals surface area contributed by atoms with Crippen LogP contribution in [0.5, 0.6) is 0 Å². The van der Waals surface area contributed by atoms with E-state index in [0.29, 0.717) is 35.2 Å². The van der Waals surface area contributed by atoms with Crippen LogP contribution in [0.2, 0.25) is 0 Å². The number of aromatic nitrogens is 1. The van der Waals surface area contributed by atoms with E-state index in [2.05, 4.69) is 15.2 Å². The lowest BCUT2D eigenvalue weighted by Crippen LogP contribution is -2.36. The summed E-state index contributed by atoms with van der Waals surface area (Å²) in [6.07, 6.45) is -4.28. The second-order valence-corrected chi connectivity index (χ2v) is 7.95. The normalized spacial score (nSPS) is 14.5. The van der Waals surface area contributed by atoms with Crippen molar-refractivity contribution in [1.82, 2.24) is 4.98 Å². The Morgan fingerprint density at radius 3 is 2.39 bits per heavy atom. The van der Waals surface area contributed by atoms with Gasteiger partial charge in [0.1, 0.15) is 5.01 Å². The van der Waals surface area contributed by atoms with Crippen molar-refractivity contribution in [2.24, 2.45) is 0 Å². The molecule has 162 valence electrons. The minimum atomic E-state index is -4.37. The summed E-state index contributed by atoms with van der Waals surface area (Å²) in [7, 11) is 0. The second-order valence-electron chi connectivity index (χ2n) is 7.09. The summed E-state index contributed by atoms with van der Waals surface area (Å²) in [5.41, 5.74) is 2.24. The molecule has 0 bridgehead atoms. The highest BCUT2D eigenvalue weighted by atomic mass is 32.1. The van der Waals surface area contributed by atoms with Gasteiger partial charge in [-0.3, -0.25) is 4.79 Å². The number of ether oxygens (including phenoxy) is 1. The van der Waals surface area contributed by atoms with E-state index < -0.39 is 11.7 Å². The molecule has 4 rings (SSSR count). The van der Waals surface area contributed by atoms with Crippen molar-refractivity contribution in [2.75, 3.05) is 36.5 Å². The molecule has 0 saturated carbocycles. The first-order chi connectivity index (χ1) is 14.9. The number of nitrogens with one attached hydrogen (secondary N) is 1. The fraction of sp³-hybridized carbons (Fsp3) is 0.273. The van der Waals surface area contributed by atoms with E-state index in [-0.39, 0.29) is 12.3 Å². The highest BCUT2D eigenvalue weighted by Crippen LogP contribution is 2.31. The molecule has 0 unspecified atom stereocenters. The van der Waals surface area contributed by atoms with Crippen LogP contribution in [-0.2, 0) is 22.1 Å². The fourth-order valence-electron chi connectivity index (χ4n) is 3.27. The molecular weight excluding hydrogens is 427 g/mol. The first kappa shape index (κ1) is 21.3. The number of thiazole rings is 1. The standard InChI is InChI=1S/C22H20F3N3O2S/c23-22(24,25)16-3-1-15(2-4-16)21-27-18(14-31-21)13-20(29)26-17-5-7-19(8-6-17)28-9-11-30-12-10-28/h1-8,14H,9-13H2,(H,26,29). The Kier molecular flexibility index (Phi) is 6.24. The Balaban J connectivity index is 1.34. The van der Waals surface area contributed by atoms with Crippen molar-refractivity contribution in [3.8, 4) is 10.6 Å². The zero-order valence-electron chi connectivity index (χ0n) is 16.5. The predicted octanol–water partition coefficient (Wildman–Crippen LogP) is 4.85. The molecule has 1 saturated heterocycles. The van der Waals surface area contributed by atoms with E-state index in [9.17, 15) is 18.0 Å². The lowest BCUT2D eigenvalue weighted by atomic mass is 10.1. The number of rotatable bonds is 5. The van der Waals surface area contributed by atoms with E-state index in [1.54, 1.807) is 5.38 Å². The average Bonchev–Trinajstić information content (AvgIpc) is 3.23. The van der Waals surface area contributed by atoms with E-state index in [1.165, 1.54) is 23.5 Å². The minimum absolute atomic E-state index is 0.0857. The average molecular weight is 447 g/mol. The summed E-state index contributed by atoms with van der Waals surface area (Å²) >= 11 is 1.29. The molecule has 1 aromatic heterocycles. The van der Waals surface area contributed by atoms with Crippen molar-refractivity contribution < 1.29 is 22.7 Å². The fourth-order valence-corrected chi connectivity index (χ4v) is 4.10. The summed E-state index contributed by atoms with van der Waals surface area (Å²) in [6.45, 7) is 3.11. The molecule has 2 heterocycles. The van der Waals surface area contributed by atoms with Crippen LogP contribution >= 0.6 is 11.3 Å². The maximum atomic E-state index is 12.7. The molecule has 31 heavy (non-hydrogen) atoms. The first-order valence-corrected chi connectivity index (χ1v) is 10.6. The molecular formula is C22H20F3N3O2S. The molecule has 0 atom stereocenters. The van der Waals surface area contributed by atoms with E-state index in [4.69, 9.17) is 4.74 Å². The summed E-state index contributed by atoms with van der Waals surface area (Å²) in [5, 5.41) is 5.17. The summed E-state index contributed by atoms with van der Waals surface area (Å²) < 4.78 is 43.5. The van der Waals surface area contributed by atoms with Crippen molar-refractivity contribution >= 4 is 28.6 Å². The van der Waals surface area contributed by atoms with Gasteiger partial charge in [0.25, 0.3) is 0 Å². The van der Waals surface area contributed by atoms with Crippen LogP contribution in [0.4, 0.5) is 24.5 Å². The Hall–Kier alpha value is -2.91. The molecule has 9 heteroatoms. The first-order valence-electron chi connectivity index (χ1n) is 9.73. The molecule has 2 aromatic carbocycles.